The normalized spacial score (nSPS) is 11.8. The molecule has 0 radical (unpaired) electrons. The molecule has 1 N–H and O–H groups in total. The maximum atomic E-state index is 8.72. The summed E-state index contributed by atoms with van der Waals surface area (Å²) in [6.45, 7) is 1.99. The fourth-order valence-corrected chi connectivity index (χ4v) is 1.24. The Kier molecular flexibility index (Phi) is 3.78. The van der Waals surface area contributed by atoms with Crippen LogP contribution in [0.4, 0.5) is 5.69 Å². The number of hydrogen-bond donors (Lipinski definition) is 1. The number of nitrogens with one attached hydrogen (secondary N) is 1. The van der Waals surface area contributed by atoms with Gasteiger partial charge in [-0.25, -0.2) is 0 Å². The van der Waals surface area contributed by atoms with E-state index in [1.54, 1.807) is 0 Å². The molecule has 3 heteroatoms. The van der Waals surface area contributed by atoms with Crippen molar-refractivity contribution in [2.45, 2.75) is 19.4 Å². The summed E-state index contributed by atoms with van der Waals surface area (Å²) in [5.41, 5.74) is 0.983. The summed E-state index contributed by atoms with van der Waals surface area (Å²) in [6.07, 6.45) is 0.812. The van der Waals surface area contributed by atoms with Gasteiger partial charge < -0.3 is 5.32 Å². The van der Waals surface area contributed by atoms with Crippen molar-refractivity contribution in [3.63, 3.8) is 0 Å². The lowest BCUT2D eigenvalue weighted by Gasteiger charge is -2.09. The Labute approximate surface area is 86.7 Å². The van der Waals surface area contributed by atoms with Crippen LogP contribution in [0.15, 0.2) is 28.7 Å². The summed E-state index contributed by atoms with van der Waals surface area (Å²) in [6, 6.07) is 9.89. The van der Waals surface area contributed by atoms with Gasteiger partial charge in [-0.2, -0.15) is 5.26 Å². The SMILES string of the molecule is CCC(C#N)Nc1ccc(Br)cc1. The second kappa shape index (κ2) is 4.88. The molecule has 1 rings (SSSR count). The largest absolute Gasteiger partial charge is 0.370 e. The number of nitriles is 1. The van der Waals surface area contributed by atoms with Crippen molar-refractivity contribution < 1.29 is 0 Å². The van der Waals surface area contributed by atoms with Crippen LogP contribution in [0.25, 0.3) is 0 Å². The molecule has 68 valence electrons. The van der Waals surface area contributed by atoms with E-state index in [4.69, 9.17) is 5.26 Å². The Bertz CT molecular complexity index is 300. The predicted octanol–water partition coefficient (Wildman–Crippen LogP) is 3.16. The molecule has 1 aromatic carbocycles. The van der Waals surface area contributed by atoms with E-state index in [1.165, 1.54) is 0 Å². The van der Waals surface area contributed by atoms with E-state index in [1.807, 2.05) is 31.2 Å². The van der Waals surface area contributed by atoms with E-state index in [9.17, 15) is 0 Å². The Balaban J connectivity index is 2.64. The van der Waals surface area contributed by atoms with E-state index in [0.29, 0.717) is 0 Å². The van der Waals surface area contributed by atoms with Crippen LogP contribution in [0.1, 0.15) is 13.3 Å². The number of halogens is 1. The Hall–Kier alpha value is -1.01. The van der Waals surface area contributed by atoms with Crippen LogP contribution >= 0.6 is 15.9 Å². The molecule has 0 aliphatic carbocycles. The second-order valence-corrected chi connectivity index (χ2v) is 3.66. The van der Waals surface area contributed by atoms with E-state index in [-0.39, 0.29) is 6.04 Å². The molecule has 0 heterocycles. The van der Waals surface area contributed by atoms with Crippen molar-refractivity contribution >= 4 is 21.6 Å². The molecule has 1 unspecified atom stereocenters. The van der Waals surface area contributed by atoms with Crippen molar-refractivity contribution in [1.29, 1.82) is 5.26 Å². The highest BCUT2D eigenvalue weighted by atomic mass is 79.9. The summed E-state index contributed by atoms with van der Waals surface area (Å²) in [4.78, 5) is 0. The zero-order valence-corrected chi connectivity index (χ0v) is 9.01. The van der Waals surface area contributed by atoms with E-state index < -0.39 is 0 Å². The first-order valence-electron chi connectivity index (χ1n) is 4.18. The fraction of sp³-hybridized carbons (Fsp3) is 0.300. The zero-order valence-electron chi connectivity index (χ0n) is 7.42. The molecule has 0 spiro atoms. The summed E-state index contributed by atoms with van der Waals surface area (Å²) in [5, 5.41) is 11.8. The number of hydrogen-bond acceptors (Lipinski definition) is 2. The van der Waals surface area contributed by atoms with E-state index in [2.05, 4.69) is 27.3 Å². The van der Waals surface area contributed by atoms with E-state index >= 15 is 0 Å². The van der Waals surface area contributed by atoms with Crippen molar-refractivity contribution in [2.24, 2.45) is 0 Å². The highest BCUT2D eigenvalue weighted by Gasteiger charge is 2.02. The van der Waals surface area contributed by atoms with Gasteiger partial charge in [0.2, 0.25) is 0 Å². The topological polar surface area (TPSA) is 35.8 Å². The Morgan fingerprint density at radius 3 is 2.54 bits per heavy atom. The summed E-state index contributed by atoms with van der Waals surface area (Å²) >= 11 is 3.35. The average Bonchev–Trinajstić information content (AvgIpc) is 2.17. The molecule has 1 aromatic rings. The first-order chi connectivity index (χ1) is 6.26. The zero-order chi connectivity index (χ0) is 9.68. The third-order valence-corrected chi connectivity index (χ3v) is 2.28. The smallest absolute Gasteiger partial charge is 0.114 e. The highest BCUT2D eigenvalue weighted by Crippen LogP contribution is 2.15. The molecule has 1 atom stereocenters. The van der Waals surface area contributed by atoms with Crippen LogP contribution in [-0.2, 0) is 0 Å². The van der Waals surface area contributed by atoms with Gasteiger partial charge in [-0.1, -0.05) is 22.9 Å². The minimum atomic E-state index is -0.0961. The minimum absolute atomic E-state index is 0.0961. The predicted molar refractivity (Wildman–Crippen MR) is 57.5 cm³/mol. The molecule has 0 amide bonds. The summed E-state index contributed by atoms with van der Waals surface area (Å²) in [7, 11) is 0. The van der Waals surface area contributed by atoms with Gasteiger partial charge >= 0.3 is 0 Å². The van der Waals surface area contributed by atoms with Crippen molar-refractivity contribution in [1.82, 2.24) is 0 Å². The van der Waals surface area contributed by atoms with Gasteiger partial charge in [0.25, 0.3) is 0 Å². The van der Waals surface area contributed by atoms with Crippen LogP contribution < -0.4 is 5.32 Å². The van der Waals surface area contributed by atoms with E-state index in [0.717, 1.165) is 16.6 Å². The molecule has 0 aliphatic heterocycles. The fourth-order valence-electron chi connectivity index (χ4n) is 0.973. The molecule has 0 saturated heterocycles. The lowest BCUT2D eigenvalue weighted by atomic mass is 10.2. The minimum Gasteiger partial charge on any atom is -0.370 e. The van der Waals surface area contributed by atoms with Crippen molar-refractivity contribution in [3.05, 3.63) is 28.7 Å². The molecule has 0 aliphatic rings. The standard InChI is InChI=1S/C10H11BrN2/c1-2-9(7-12)13-10-5-3-8(11)4-6-10/h3-6,9,13H,2H2,1H3. The van der Waals surface area contributed by atoms with Crippen LogP contribution in [-0.4, -0.2) is 6.04 Å². The quantitative estimate of drug-likeness (QED) is 0.879. The summed E-state index contributed by atoms with van der Waals surface area (Å²) < 4.78 is 1.04. The lowest BCUT2D eigenvalue weighted by molar-refractivity contribution is 0.845. The average molecular weight is 239 g/mol. The van der Waals surface area contributed by atoms with Gasteiger partial charge in [-0.05, 0) is 30.7 Å². The Morgan fingerprint density at radius 2 is 2.08 bits per heavy atom. The van der Waals surface area contributed by atoms with Gasteiger partial charge in [0.1, 0.15) is 6.04 Å². The maximum Gasteiger partial charge on any atom is 0.114 e. The molecule has 13 heavy (non-hydrogen) atoms. The third-order valence-electron chi connectivity index (χ3n) is 1.75. The van der Waals surface area contributed by atoms with Crippen LogP contribution in [0.3, 0.4) is 0 Å². The molecular formula is C10H11BrN2. The monoisotopic (exact) mass is 238 g/mol. The number of nitrogens with zero attached hydrogens (tertiary/aromatic N) is 1. The molecule has 0 saturated carbocycles. The maximum absolute atomic E-state index is 8.72. The van der Waals surface area contributed by atoms with Crippen molar-refractivity contribution in [3.8, 4) is 6.07 Å². The van der Waals surface area contributed by atoms with Crippen molar-refractivity contribution in [2.75, 3.05) is 5.32 Å². The molecule has 2 nitrogen and oxygen atoms in total. The van der Waals surface area contributed by atoms with Gasteiger partial charge in [0.15, 0.2) is 0 Å². The van der Waals surface area contributed by atoms with Crippen LogP contribution in [0, 0.1) is 11.3 Å². The van der Waals surface area contributed by atoms with Gasteiger partial charge in [0, 0.05) is 10.2 Å². The first-order valence-corrected chi connectivity index (χ1v) is 4.97. The second-order valence-electron chi connectivity index (χ2n) is 2.74. The number of benzene rings is 1. The first kappa shape index (κ1) is 10.1. The van der Waals surface area contributed by atoms with Gasteiger partial charge in [-0.15, -0.1) is 0 Å². The van der Waals surface area contributed by atoms with Crippen LogP contribution in [0.2, 0.25) is 0 Å². The number of anilines is 1. The van der Waals surface area contributed by atoms with Crippen LogP contribution in [0.5, 0.6) is 0 Å². The Morgan fingerprint density at radius 1 is 1.46 bits per heavy atom. The molecule has 0 fully saturated rings. The lowest BCUT2D eigenvalue weighted by Crippen LogP contribution is -2.15. The molecule has 0 bridgehead atoms. The number of rotatable bonds is 3. The van der Waals surface area contributed by atoms with Gasteiger partial charge in [-0.3, -0.25) is 0 Å². The highest BCUT2D eigenvalue weighted by molar-refractivity contribution is 9.10. The third kappa shape index (κ3) is 3.08. The summed E-state index contributed by atoms with van der Waals surface area (Å²) in [5.74, 6) is 0. The molecular weight excluding hydrogens is 228 g/mol. The van der Waals surface area contributed by atoms with Gasteiger partial charge in [0.05, 0.1) is 6.07 Å². The molecule has 0 aromatic heterocycles.